The summed E-state index contributed by atoms with van der Waals surface area (Å²) in [4.78, 5) is 22.8. The first-order valence-corrected chi connectivity index (χ1v) is 7.49. The van der Waals surface area contributed by atoms with E-state index in [1.165, 1.54) is 12.1 Å². The smallest absolute Gasteiger partial charge is 0.335 e. The van der Waals surface area contributed by atoms with Gasteiger partial charge in [-0.15, -0.1) is 0 Å². The molecule has 112 valence electrons. The second-order valence-corrected chi connectivity index (χ2v) is 5.78. The number of hydrogen-bond donors (Lipinski definition) is 2. The van der Waals surface area contributed by atoms with Crippen molar-refractivity contribution in [1.29, 1.82) is 0 Å². The lowest BCUT2D eigenvalue weighted by Crippen LogP contribution is -2.19. The van der Waals surface area contributed by atoms with Crippen LogP contribution in [0.2, 0.25) is 0 Å². The number of carboxylic acids is 1. The van der Waals surface area contributed by atoms with Crippen molar-refractivity contribution >= 4 is 40.2 Å². The third-order valence-corrected chi connectivity index (χ3v) is 3.63. The monoisotopic (exact) mass is 408 g/mol. The number of amides is 1. The fourth-order valence-electron chi connectivity index (χ4n) is 1.75. The van der Waals surface area contributed by atoms with Gasteiger partial charge in [0.2, 0.25) is 0 Å². The van der Waals surface area contributed by atoms with E-state index in [1.807, 2.05) is 6.07 Å². The minimum atomic E-state index is -0.979. The molecule has 0 aliphatic rings. The van der Waals surface area contributed by atoms with Crippen LogP contribution in [-0.4, -0.2) is 22.7 Å². The molecule has 0 aliphatic carbocycles. The van der Waals surface area contributed by atoms with Crippen LogP contribution in [0.3, 0.4) is 0 Å². The molecule has 0 fully saturated rings. The number of benzene rings is 2. The summed E-state index contributed by atoms with van der Waals surface area (Å²) in [6, 6.07) is 13.5. The molecule has 0 aromatic heterocycles. The molecule has 2 aromatic rings. The molecular formula is C16H13IN2O3. The molecule has 0 unspecified atom stereocenters. The van der Waals surface area contributed by atoms with Crippen LogP contribution < -0.4 is 5.43 Å². The zero-order valence-electron chi connectivity index (χ0n) is 11.7. The van der Waals surface area contributed by atoms with E-state index in [4.69, 9.17) is 5.11 Å². The van der Waals surface area contributed by atoms with Gasteiger partial charge in [0.05, 0.1) is 11.3 Å². The van der Waals surface area contributed by atoms with E-state index in [0.29, 0.717) is 11.3 Å². The molecule has 0 atom stereocenters. The largest absolute Gasteiger partial charge is 0.478 e. The van der Waals surface area contributed by atoms with E-state index in [9.17, 15) is 9.59 Å². The Kier molecular flexibility index (Phi) is 5.26. The van der Waals surface area contributed by atoms with Crippen molar-refractivity contribution in [3.63, 3.8) is 0 Å². The maximum Gasteiger partial charge on any atom is 0.335 e. The highest BCUT2D eigenvalue weighted by molar-refractivity contribution is 14.1. The Bertz CT molecular complexity index is 739. The van der Waals surface area contributed by atoms with E-state index in [-0.39, 0.29) is 11.5 Å². The Morgan fingerprint density at radius 2 is 1.68 bits per heavy atom. The predicted octanol–water partition coefficient (Wildman–Crippen LogP) is 3.14. The van der Waals surface area contributed by atoms with Gasteiger partial charge in [-0.2, -0.15) is 5.10 Å². The molecule has 6 heteroatoms. The SMILES string of the molecule is C/C(=N\NC(=O)c1cccc(I)c1)c1ccc(C(=O)O)cc1. The molecule has 0 saturated heterocycles. The standard InChI is InChI=1S/C16H13IN2O3/c1-10(11-5-7-12(8-6-11)16(21)22)18-19-15(20)13-3-2-4-14(17)9-13/h2-9H,1H3,(H,19,20)(H,21,22)/b18-10+. The number of nitrogens with zero attached hydrogens (tertiary/aromatic N) is 1. The van der Waals surface area contributed by atoms with Crippen molar-refractivity contribution in [2.45, 2.75) is 6.92 Å². The van der Waals surface area contributed by atoms with Crippen LogP contribution in [0.5, 0.6) is 0 Å². The van der Waals surface area contributed by atoms with Crippen LogP contribution in [0.4, 0.5) is 0 Å². The first-order valence-electron chi connectivity index (χ1n) is 6.41. The molecular weight excluding hydrogens is 395 g/mol. The van der Waals surface area contributed by atoms with Crippen molar-refractivity contribution in [2.75, 3.05) is 0 Å². The van der Waals surface area contributed by atoms with Crippen LogP contribution >= 0.6 is 22.6 Å². The molecule has 2 aromatic carbocycles. The number of carboxylic acid groups (broad SMARTS) is 1. The summed E-state index contributed by atoms with van der Waals surface area (Å²) in [7, 11) is 0. The molecule has 2 rings (SSSR count). The van der Waals surface area contributed by atoms with E-state index in [2.05, 4.69) is 33.1 Å². The first kappa shape index (κ1) is 16.2. The van der Waals surface area contributed by atoms with E-state index in [0.717, 1.165) is 9.13 Å². The fraction of sp³-hybridized carbons (Fsp3) is 0.0625. The lowest BCUT2D eigenvalue weighted by Gasteiger charge is -2.04. The molecule has 0 bridgehead atoms. The summed E-state index contributed by atoms with van der Waals surface area (Å²) in [6.07, 6.45) is 0. The quantitative estimate of drug-likeness (QED) is 0.464. The molecule has 0 spiro atoms. The van der Waals surface area contributed by atoms with Crippen LogP contribution in [0.15, 0.2) is 53.6 Å². The maximum absolute atomic E-state index is 12.0. The second-order valence-electron chi connectivity index (χ2n) is 4.53. The third-order valence-electron chi connectivity index (χ3n) is 2.96. The number of carbonyl (C=O) groups excluding carboxylic acids is 1. The number of hydrogen-bond acceptors (Lipinski definition) is 3. The maximum atomic E-state index is 12.0. The van der Waals surface area contributed by atoms with Gasteiger partial charge >= 0.3 is 5.97 Å². The Hall–Kier alpha value is -2.22. The Morgan fingerprint density at radius 1 is 1.05 bits per heavy atom. The highest BCUT2D eigenvalue weighted by Gasteiger charge is 2.06. The van der Waals surface area contributed by atoms with Crippen LogP contribution in [0, 0.1) is 3.57 Å². The van der Waals surface area contributed by atoms with Gasteiger partial charge in [-0.25, -0.2) is 10.2 Å². The van der Waals surface area contributed by atoms with Gasteiger partial charge in [-0.05, 0) is 65.4 Å². The van der Waals surface area contributed by atoms with Gasteiger partial charge in [0, 0.05) is 9.13 Å². The number of carbonyl (C=O) groups is 2. The van der Waals surface area contributed by atoms with Crippen LogP contribution in [0.25, 0.3) is 0 Å². The second kappa shape index (κ2) is 7.17. The van der Waals surface area contributed by atoms with E-state index < -0.39 is 5.97 Å². The Morgan fingerprint density at radius 3 is 2.27 bits per heavy atom. The van der Waals surface area contributed by atoms with Crippen LogP contribution in [0.1, 0.15) is 33.2 Å². The number of nitrogens with one attached hydrogen (secondary N) is 1. The number of aromatic carboxylic acids is 1. The van der Waals surface area contributed by atoms with Crippen molar-refractivity contribution in [2.24, 2.45) is 5.10 Å². The predicted molar refractivity (Wildman–Crippen MR) is 92.2 cm³/mol. The van der Waals surface area contributed by atoms with Gasteiger partial charge in [-0.3, -0.25) is 4.79 Å². The van der Waals surface area contributed by atoms with Gasteiger partial charge in [-0.1, -0.05) is 18.2 Å². The van der Waals surface area contributed by atoms with Crippen molar-refractivity contribution < 1.29 is 14.7 Å². The molecule has 5 nitrogen and oxygen atoms in total. The molecule has 1 amide bonds. The fourth-order valence-corrected chi connectivity index (χ4v) is 2.29. The van der Waals surface area contributed by atoms with Crippen LogP contribution in [-0.2, 0) is 0 Å². The summed E-state index contributed by atoms with van der Waals surface area (Å²) in [5.74, 6) is -1.27. The normalized spacial score (nSPS) is 11.1. The van der Waals surface area contributed by atoms with Crippen molar-refractivity contribution in [1.82, 2.24) is 5.43 Å². The average molecular weight is 408 g/mol. The zero-order chi connectivity index (χ0) is 16.1. The third kappa shape index (κ3) is 4.14. The van der Waals surface area contributed by atoms with Gasteiger partial charge in [0.25, 0.3) is 5.91 Å². The summed E-state index contributed by atoms with van der Waals surface area (Å²) >= 11 is 2.13. The molecule has 2 N–H and O–H groups in total. The Labute approximate surface area is 141 Å². The topological polar surface area (TPSA) is 78.8 Å². The minimum Gasteiger partial charge on any atom is -0.478 e. The number of rotatable bonds is 4. The lowest BCUT2D eigenvalue weighted by molar-refractivity contribution is 0.0696. The summed E-state index contributed by atoms with van der Waals surface area (Å²) < 4.78 is 0.968. The van der Waals surface area contributed by atoms with Gasteiger partial charge in [0.1, 0.15) is 0 Å². The average Bonchev–Trinajstić information content (AvgIpc) is 2.52. The lowest BCUT2D eigenvalue weighted by atomic mass is 10.1. The summed E-state index contributed by atoms with van der Waals surface area (Å²) in [5, 5.41) is 12.9. The number of hydrazone groups is 1. The van der Waals surface area contributed by atoms with Crippen molar-refractivity contribution in [3.8, 4) is 0 Å². The minimum absolute atomic E-state index is 0.208. The zero-order valence-corrected chi connectivity index (χ0v) is 13.9. The molecule has 22 heavy (non-hydrogen) atoms. The Balaban J connectivity index is 2.09. The molecule has 0 heterocycles. The number of halogens is 1. The molecule has 0 saturated carbocycles. The van der Waals surface area contributed by atoms with Gasteiger partial charge < -0.3 is 5.11 Å². The molecule has 0 radical (unpaired) electrons. The van der Waals surface area contributed by atoms with E-state index >= 15 is 0 Å². The van der Waals surface area contributed by atoms with Crippen molar-refractivity contribution in [3.05, 3.63) is 68.8 Å². The highest BCUT2D eigenvalue weighted by atomic mass is 127. The first-order chi connectivity index (χ1) is 10.5. The van der Waals surface area contributed by atoms with E-state index in [1.54, 1.807) is 37.3 Å². The molecule has 0 aliphatic heterocycles. The summed E-state index contributed by atoms with van der Waals surface area (Å²) in [6.45, 7) is 1.74. The van der Waals surface area contributed by atoms with Gasteiger partial charge in [0.15, 0.2) is 0 Å². The summed E-state index contributed by atoms with van der Waals surface area (Å²) in [5.41, 5.74) is 4.57. The highest BCUT2D eigenvalue weighted by Crippen LogP contribution is 2.08.